The molecule has 1 aromatic rings. The van der Waals surface area contributed by atoms with Gasteiger partial charge in [0.15, 0.2) is 5.88 Å². The van der Waals surface area contributed by atoms with E-state index >= 15 is 0 Å². The van der Waals surface area contributed by atoms with Gasteiger partial charge in [0.05, 0.1) is 5.56 Å². The van der Waals surface area contributed by atoms with Gasteiger partial charge in [-0.3, -0.25) is 14.6 Å². The normalized spacial score (nSPS) is 10.1. The first kappa shape index (κ1) is 12.3. The fraction of sp³-hybridized carbons (Fsp3) is 0.400. The minimum absolute atomic E-state index is 0.0850. The number of hydrogen-bond donors (Lipinski definition) is 4. The summed E-state index contributed by atoms with van der Waals surface area (Å²) >= 11 is 0. The van der Waals surface area contributed by atoms with E-state index in [1.807, 2.05) is 0 Å². The number of carbonyl (C=O) groups is 1. The van der Waals surface area contributed by atoms with Gasteiger partial charge in [-0.15, -0.1) is 0 Å². The third kappa shape index (κ3) is 3.74. The van der Waals surface area contributed by atoms with Crippen molar-refractivity contribution in [3.63, 3.8) is 0 Å². The zero-order valence-corrected chi connectivity index (χ0v) is 8.69. The van der Waals surface area contributed by atoms with Crippen LogP contribution in [-0.4, -0.2) is 34.3 Å². The Morgan fingerprint density at radius 1 is 1.38 bits per heavy atom. The summed E-state index contributed by atoms with van der Waals surface area (Å²) in [6.07, 6.45) is 1.28. The first-order valence-corrected chi connectivity index (χ1v) is 4.96. The Hall–Kier alpha value is -1.82. The van der Waals surface area contributed by atoms with Gasteiger partial charge in [0.25, 0.3) is 11.5 Å². The average Bonchev–Trinajstić information content (AvgIpc) is 2.22. The molecule has 0 bridgehead atoms. The van der Waals surface area contributed by atoms with Crippen LogP contribution >= 0.6 is 0 Å². The number of aromatic nitrogens is 1. The lowest BCUT2D eigenvalue weighted by Crippen LogP contribution is -2.25. The molecule has 0 aliphatic rings. The van der Waals surface area contributed by atoms with E-state index in [-0.39, 0.29) is 18.1 Å². The molecule has 1 aromatic heterocycles. The third-order valence-electron chi connectivity index (χ3n) is 1.96. The molecule has 0 fully saturated rings. The summed E-state index contributed by atoms with van der Waals surface area (Å²) in [7, 11) is 0. The molecule has 88 valence electrons. The molecular formula is C10H14N2O4. The maximum atomic E-state index is 11.5. The first-order valence-electron chi connectivity index (χ1n) is 4.96. The Labute approximate surface area is 91.9 Å². The molecule has 1 rings (SSSR count). The Balaban J connectivity index is 2.56. The van der Waals surface area contributed by atoms with Crippen molar-refractivity contribution in [2.45, 2.75) is 12.8 Å². The number of nitrogens with one attached hydrogen (secondary N) is 2. The quantitative estimate of drug-likeness (QED) is 0.512. The standard InChI is InChI=1S/C10H14N2O4/c13-4-2-1-3-11-10(16)7-5-8(14)12-9(15)6-7/h5-6,13H,1-4H2,(H,11,16)(H2,12,14,15). The highest BCUT2D eigenvalue weighted by molar-refractivity contribution is 5.94. The van der Waals surface area contributed by atoms with Crippen molar-refractivity contribution >= 4 is 5.91 Å². The Morgan fingerprint density at radius 2 is 2.12 bits per heavy atom. The molecule has 1 heterocycles. The Kier molecular flexibility index (Phi) is 4.53. The highest BCUT2D eigenvalue weighted by atomic mass is 16.3. The van der Waals surface area contributed by atoms with E-state index in [0.717, 1.165) is 6.07 Å². The summed E-state index contributed by atoms with van der Waals surface area (Å²) in [4.78, 5) is 24.6. The van der Waals surface area contributed by atoms with Gasteiger partial charge in [0.2, 0.25) is 0 Å². The molecule has 0 unspecified atom stereocenters. The van der Waals surface area contributed by atoms with Crippen molar-refractivity contribution in [3.8, 4) is 5.88 Å². The van der Waals surface area contributed by atoms with Gasteiger partial charge < -0.3 is 15.5 Å². The maximum absolute atomic E-state index is 11.5. The number of pyridine rings is 1. The molecule has 0 atom stereocenters. The molecule has 0 saturated heterocycles. The average molecular weight is 226 g/mol. The zero-order chi connectivity index (χ0) is 12.0. The second kappa shape index (κ2) is 5.92. The Bertz CT molecular complexity index is 414. The number of aliphatic hydroxyl groups excluding tert-OH is 1. The molecular weight excluding hydrogens is 212 g/mol. The van der Waals surface area contributed by atoms with Crippen molar-refractivity contribution < 1.29 is 15.0 Å². The molecule has 4 N–H and O–H groups in total. The van der Waals surface area contributed by atoms with Crippen LogP contribution in [0.15, 0.2) is 16.9 Å². The number of amides is 1. The number of hydrogen-bond acceptors (Lipinski definition) is 4. The van der Waals surface area contributed by atoms with Crippen molar-refractivity contribution in [1.29, 1.82) is 0 Å². The van der Waals surface area contributed by atoms with Crippen molar-refractivity contribution in [2.24, 2.45) is 0 Å². The number of rotatable bonds is 5. The highest BCUT2D eigenvalue weighted by Gasteiger charge is 2.06. The summed E-state index contributed by atoms with van der Waals surface area (Å²) in [6, 6.07) is 2.30. The van der Waals surface area contributed by atoms with Crippen LogP contribution in [0.4, 0.5) is 0 Å². The van der Waals surface area contributed by atoms with Gasteiger partial charge in [-0.2, -0.15) is 0 Å². The van der Waals surface area contributed by atoms with Gasteiger partial charge in [0.1, 0.15) is 0 Å². The van der Waals surface area contributed by atoms with Crippen LogP contribution in [0.5, 0.6) is 5.88 Å². The smallest absolute Gasteiger partial charge is 0.251 e. The second-order valence-corrected chi connectivity index (χ2v) is 3.31. The van der Waals surface area contributed by atoms with E-state index in [4.69, 9.17) is 10.2 Å². The van der Waals surface area contributed by atoms with Crippen LogP contribution in [-0.2, 0) is 0 Å². The van der Waals surface area contributed by atoms with Gasteiger partial charge in [-0.25, -0.2) is 0 Å². The van der Waals surface area contributed by atoms with E-state index in [0.29, 0.717) is 19.4 Å². The maximum Gasteiger partial charge on any atom is 0.251 e. The van der Waals surface area contributed by atoms with Gasteiger partial charge >= 0.3 is 0 Å². The molecule has 0 aliphatic heterocycles. The van der Waals surface area contributed by atoms with Crippen molar-refractivity contribution in [1.82, 2.24) is 10.3 Å². The fourth-order valence-corrected chi connectivity index (χ4v) is 1.20. The SMILES string of the molecule is O=C(NCCCCO)c1cc(O)[nH]c(=O)c1. The minimum atomic E-state index is -0.527. The summed E-state index contributed by atoms with van der Waals surface area (Å²) in [5.74, 6) is -0.757. The number of unbranched alkanes of at least 4 members (excludes halogenated alkanes) is 1. The van der Waals surface area contributed by atoms with Crippen LogP contribution in [0.2, 0.25) is 0 Å². The van der Waals surface area contributed by atoms with Crippen molar-refractivity contribution in [3.05, 3.63) is 28.0 Å². The molecule has 6 heteroatoms. The highest BCUT2D eigenvalue weighted by Crippen LogP contribution is 2.03. The molecule has 16 heavy (non-hydrogen) atoms. The largest absolute Gasteiger partial charge is 0.494 e. The molecule has 0 aromatic carbocycles. The third-order valence-corrected chi connectivity index (χ3v) is 1.96. The van der Waals surface area contributed by atoms with Crippen LogP contribution in [0, 0.1) is 0 Å². The lowest BCUT2D eigenvalue weighted by atomic mass is 10.2. The lowest BCUT2D eigenvalue weighted by molar-refractivity contribution is 0.0951. The van der Waals surface area contributed by atoms with Gasteiger partial charge in [-0.1, -0.05) is 0 Å². The van der Waals surface area contributed by atoms with E-state index in [1.54, 1.807) is 0 Å². The number of aromatic hydroxyl groups is 1. The van der Waals surface area contributed by atoms with E-state index in [1.165, 1.54) is 6.07 Å². The molecule has 0 radical (unpaired) electrons. The van der Waals surface area contributed by atoms with Gasteiger partial charge in [0, 0.05) is 25.3 Å². The molecule has 1 amide bonds. The van der Waals surface area contributed by atoms with Gasteiger partial charge in [-0.05, 0) is 12.8 Å². The predicted octanol–water partition coefficient (Wildman–Crippen LogP) is -0.417. The molecule has 0 saturated carbocycles. The minimum Gasteiger partial charge on any atom is -0.494 e. The fourth-order valence-electron chi connectivity index (χ4n) is 1.20. The number of carbonyl (C=O) groups excluding carboxylic acids is 1. The van der Waals surface area contributed by atoms with Crippen LogP contribution in [0.1, 0.15) is 23.2 Å². The summed E-state index contributed by atoms with van der Waals surface area (Å²) < 4.78 is 0. The number of aromatic amines is 1. The summed E-state index contributed by atoms with van der Waals surface area (Å²) in [5.41, 5.74) is -0.411. The zero-order valence-electron chi connectivity index (χ0n) is 8.69. The van der Waals surface area contributed by atoms with E-state index in [2.05, 4.69) is 10.3 Å². The Morgan fingerprint density at radius 3 is 2.75 bits per heavy atom. The lowest BCUT2D eigenvalue weighted by Gasteiger charge is -2.04. The summed E-state index contributed by atoms with van der Waals surface area (Å²) in [6.45, 7) is 0.509. The molecule has 6 nitrogen and oxygen atoms in total. The second-order valence-electron chi connectivity index (χ2n) is 3.31. The topological polar surface area (TPSA) is 102 Å². The van der Waals surface area contributed by atoms with Crippen molar-refractivity contribution in [2.75, 3.05) is 13.2 Å². The van der Waals surface area contributed by atoms with Crippen LogP contribution in [0.25, 0.3) is 0 Å². The molecule has 0 spiro atoms. The summed E-state index contributed by atoms with van der Waals surface area (Å²) in [5, 5.41) is 20.2. The molecule has 0 aliphatic carbocycles. The number of aliphatic hydroxyl groups is 1. The monoisotopic (exact) mass is 226 g/mol. The predicted molar refractivity (Wildman–Crippen MR) is 57.4 cm³/mol. The first-order chi connectivity index (χ1) is 7.63. The number of H-pyrrole nitrogens is 1. The van der Waals surface area contributed by atoms with Crippen LogP contribution in [0.3, 0.4) is 0 Å². The van der Waals surface area contributed by atoms with E-state index in [9.17, 15) is 9.59 Å². The van der Waals surface area contributed by atoms with E-state index < -0.39 is 11.5 Å². The van der Waals surface area contributed by atoms with Crippen LogP contribution < -0.4 is 10.9 Å².